The number of rotatable bonds is 5. The summed E-state index contributed by atoms with van der Waals surface area (Å²) in [5, 5.41) is 6.86. The number of anilines is 1. The molecule has 1 heterocycles. The van der Waals surface area contributed by atoms with Gasteiger partial charge in [-0.2, -0.15) is 0 Å². The lowest BCUT2D eigenvalue weighted by Crippen LogP contribution is -2.15. The van der Waals surface area contributed by atoms with Crippen LogP contribution >= 0.6 is 0 Å². The average molecular weight is 382 g/mol. The molecular formula is C20H19FN4O3. The first-order valence-corrected chi connectivity index (χ1v) is 8.65. The molecule has 0 unspecified atom stereocenters. The fraction of sp³-hybridized carbons (Fsp3) is 0.200. The molecule has 0 spiro atoms. The van der Waals surface area contributed by atoms with Crippen LogP contribution in [0.4, 0.5) is 10.1 Å². The van der Waals surface area contributed by atoms with Gasteiger partial charge in [0.2, 0.25) is 5.82 Å². The second-order valence-electron chi connectivity index (χ2n) is 6.36. The molecule has 1 aromatic heterocycles. The molecular weight excluding hydrogens is 363 g/mol. The molecule has 7 nitrogen and oxygen atoms in total. The Balaban J connectivity index is 1.72. The summed E-state index contributed by atoms with van der Waals surface area (Å²) in [4.78, 5) is 28.4. The second kappa shape index (κ2) is 7.99. The topological polar surface area (TPSA) is 86.1 Å². The monoisotopic (exact) mass is 382 g/mol. The van der Waals surface area contributed by atoms with E-state index in [4.69, 9.17) is 4.74 Å². The zero-order valence-corrected chi connectivity index (χ0v) is 15.6. The molecule has 0 atom stereocenters. The molecule has 3 aromatic rings. The van der Waals surface area contributed by atoms with E-state index in [1.54, 1.807) is 57.2 Å². The molecule has 2 aromatic carbocycles. The van der Waals surface area contributed by atoms with Crippen LogP contribution in [0.2, 0.25) is 0 Å². The maximum atomic E-state index is 13.1. The number of nitrogens with zero attached hydrogens (tertiary/aromatic N) is 3. The number of hydrogen-bond acceptors (Lipinski definition) is 5. The maximum absolute atomic E-state index is 13.1. The molecule has 0 aliphatic carbocycles. The molecule has 144 valence electrons. The van der Waals surface area contributed by atoms with E-state index in [0.717, 1.165) is 0 Å². The molecule has 0 saturated carbocycles. The summed E-state index contributed by atoms with van der Waals surface area (Å²) in [6.45, 7) is 5.24. The maximum Gasteiger partial charge on any atom is 0.338 e. The van der Waals surface area contributed by atoms with Crippen LogP contribution in [0.15, 0.2) is 48.5 Å². The zero-order chi connectivity index (χ0) is 20.3. The SMILES string of the molecule is Cc1nc(C(=O)Nc2ccc(C(=O)OC(C)C)cc2)nn1-c1ccc(F)cc1. The summed E-state index contributed by atoms with van der Waals surface area (Å²) < 4.78 is 19.7. The molecule has 0 bridgehead atoms. The summed E-state index contributed by atoms with van der Waals surface area (Å²) >= 11 is 0. The van der Waals surface area contributed by atoms with Crippen LogP contribution in [-0.2, 0) is 4.74 Å². The Morgan fingerprint density at radius 1 is 1.07 bits per heavy atom. The fourth-order valence-corrected chi connectivity index (χ4v) is 2.47. The normalized spacial score (nSPS) is 10.8. The molecule has 0 radical (unpaired) electrons. The van der Waals surface area contributed by atoms with Crippen molar-refractivity contribution in [2.24, 2.45) is 0 Å². The fourth-order valence-electron chi connectivity index (χ4n) is 2.47. The highest BCUT2D eigenvalue weighted by molar-refractivity contribution is 6.01. The Kier molecular flexibility index (Phi) is 5.49. The number of esters is 1. The van der Waals surface area contributed by atoms with E-state index >= 15 is 0 Å². The van der Waals surface area contributed by atoms with E-state index in [1.165, 1.54) is 16.8 Å². The lowest BCUT2D eigenvalue weighted by Gasteiger charge is -2.08. The number of halogens is 1. The molecule has 28 heavy (non-hydrogen) atoms. The van der Waals surface area contributed by atoms with E-state index < -0.39 is 11.9 Å². The van der Waals surface area contributed by atoms with Gasteiger partial charge in [0.05, 0.1) is 17.4 Å². The van der Waals surface area contributed by atoms with Gasteiger partial charge in [0.15, 0.2) is 0 Å². The number of nitrogens with one attached hydrogen (secondary N) is 1. The van der Waals surface area contributed by atoms with Crippen molar-refractivity contribution in [2.75, 3.05) is 5.32 Å². The first-order chi connectivity index (χ1) is 13.3. The highest BCUT2D eigenvalue weighted by Crippen LogP contribution is 2.14. The number of amides is 1. The summed E-state index contributed by atoms with van der Waals surface area (Å²) in [6.07, 6.45) is -0.211. The molecule has 0 aliphatic heterocycles. The highest BCUT2D eigenvalue weighted by atomic mass is 19.1. The minimum Gasteiger partial charge on any atom is -0.459 e. The number of carbonyl (C=O) groups excluding carboxylic acids is 2. The molecule has 1 N–H and O–H groups in total. The van der Waals surface area contributed by atoms with Crippen molar-refractivity contribution < 1.29 is 18.7 Å². The Morgan fingerprint density at radius 2 is 1.71 bits per heavy atom. The van der Waals surface area contributed by atoms with Crippen LogP contribution < -0.4 is 5.32 Å². The van der Waals surface area contributed by atoms with Gasteiger partial charge in [-0.3, -0.25) is 4.79 Å². The quantitative estimate of drug-likeness (QED) is 0.682. The zero-order valence-electron chi connectivity index (χ0n) is 15.6. The number of benzene rings is 2. The van der Waals surface area contributed by atoms with E-state index in [2.05, 4.69) is 15.4 Å². The van der Waals surface area contributed by atoms with E-state index in [1.807, 2.05) is 0 Å². The highest BCUT2D eigenvalue weighted by Gasteiger charge is 2.16. The smallest absolute Gasteiger partial charge is 0.338 e. The van der Waals surface area contributed by atoms with Crippen molar-refractivity contribution >= 4 is 17.6 Å². The first-order valence-electron chi connectivity index (χ1n) is 8.65. The van der Waals surface area contributed by atoms with Crippen LogP contribution in [0.1, 0.15) is 40.6 Å². The number of aryl methyl sites for hydroxylation is 1. The number of carbonyl (C=O) groups is 2. The predicted octanol–water partition coefficient (Wildman–Crippen LogP) is 3.53. The van der Waals surface area contributed by atoms with Crippen molar-refractivity contribution in [1.29, 1.82) is 0 Å². The summed E-state index contributed by atoms with van der Waals surface area (Å²) in [5.41, 5.74) is 1.47. The standard InChI is InChI=1S/C20H19FN4O3/c1-12(2)28-20(27)14-4-8-16(9-5-14)23-19(26)18-22-13(3)25(24-18)17-10-6-15(21)7-11-17/h4-12H,1-3H3,(H,23,26). The third-order valence-electron chi connectivity index (χ3n) is 3.76. The van der Waals surface area contributed by atoms with E-state index in [-0.39, 0.29) is 17.7 Å². The van der Waals surface area contributed by atoms with Crippen LogP contribution in [0.5, 0.6) is 0 Å². The largest absolute Gasteiger partial charge is 0.459 e. The molecule has 1 amide bonds. The minimum atomic E-state index is -0.499. The lowest BCUT2D eigenvalue weighted by atomic mass is 10.2. The van der Waals surface area contributed by atoms with Gasteiger partial charge < -0.3 is 10.1 Å². The second-order valence-corrected chi connectivity index (χ2v) is 6.36. The van der Waals surface area contributed by atoms with Gasteiger partial charge in [-0.05, 0) is 69.3 Å². The summed E-state index contributed by atoms with van der Waals surface area (Å²) in [6, 6.07) is 12.0. The van der Waals surface area contributed by atoms with Gasteiger partial charge in [-0.25, -0.2) is 18.9 Å². The van der Waals surface area contributed by atoms with Crippen LogP contribution in [-0.4, -0.2) is 32.7 Å². The van der Waals surface area contributed by atoms with Gasteiger partial charge in [0.1, 0.15) is 11.6 Å². The van der Waals surface area contributed by atoms with Gasteiger partial charge >= 0.3 is 5.97 Å². The van der Waals surface area contributed by atoms with Gasteiger partial charge in [-0.1, -0.05) is 0 Å². The third kappa shape index (κ3) is 4.40. The Morgan fingerprint density at radius 3 is 2.32 bits per heavy atom. The summed E-state index contributed by atoms with van der Waals surface area (Å²) in [7, 11) is 0. The molecule has 8 heteroatoms. The van der Waals surface area contributed by atoms with Crippen molar-refractivity contribution in [1.82, 2.24) is 14.8 Å². The van der Waals surface area contributed by atoms with Gasteiger partial charge in [0, 0.05) is 5.69 Å². The molecule has 0 aliphatic rings. The van der Waals surface area contributed by atoms with Gasteiger partial charge in [-0.15, -0.1) is 5.10 Å². The lowest BCUT2D eigenvalue weighted by molar-refractivity contribution is 0.0378. The third-order valence-corrected chi connectivity index (χ3v) is 3.76. The van der Waals surface area contributed by atoms with E-state index in [0.29, 0.717) is 22.8 Å². The van der Waals surface area contributed by atoms with Crippen molar-refractivity contribution in [3.8, 4) is 5.69 Å². The van der Waals surface area contributed by atoms with Crippen LogP contribution in [0.3, 0.4) is 0 Å². The molecule has 3 rings (SSSR count). The van der Waals surface area contributed by atoms with Crippen LogP contribution in [0, 0.1) is 12.7 Å². The predicted molar refractivity (Wildman–Crippen MR) is 101 cm³/mol. The van der Waals surface area contributed by atoms with Gasteiger partial charge in [0.25, 0.3) is 5.91 Å². The Labute approximate surface area is 161 Å². The first kappa shape index (κ1) is 19.2. The van der Waals surface area contributed by atoms with Crippen molar-refractivity contribution in [3.63, 3.8) is 0 Å². The number of ether oxygens (including phenoxy) is 1. The Bertz CT molecular complexity index is 995. The van der Waals surface area contributed by atoms with Crippen LogP contribution in [0.25, 0.3) is 5.69 Å². The number of hydrogen-bond donors (Lipinski definition) is 1. The van der Waals surface area contributed by atoms with Crippen molar-refractivity contribution in [2.45, 2.75) is 26.9 Å². The van der Waals surface area contributed by atoms with Crippen molar-refractivity contribution in [3.05, 3.63) is 71.6 Å². The molecule has 0 fully saturated rings. The Hall–Kier alpha value is -3.55. The average Bonchev–Trinajstić information content (AvgIpc) is 3.04. The number of aromatic nitrogens is 3. The minimum absolute atomic E-state index is 0.0230. The molecule has 0 saturated heterocycles. The summed E-state index contributed by atoms with van der Waals surface area (Å²) in [5.74, 6) is -0.821. The van der Waals surface area contributed by atoms with E-state index in [9.17, 15) is 14.0 Å².